The summed E-state index contributed by atoms with van der Waals surface area (Å²) in [6.07, 6.45) is 3.74. The van der Waals surface area contributed by atoms with Gasteiger partial charge in [0.2, 0.25) is 5.75 Å². The van der Waals surface area contributed by atoms with Crippen LogP contribution in [0.5, 0.6) is 17.2 Å². The van der Waals surface area contributed by atoms with Crippen molar-refractivity contribution >= 4 is 11.6 Å². The molecule has 0 bridgehead atoms. The number of hydrogen-bond donors (Lipinski definition) is 0. The second-order valence-electron chi connectivity index (χ2n) is 7.70. The molecule has 1 saturated heterocycles. The predicted molar refractivity (Wildman–Crippen MR) is 117 cm³/mol. The maximum absolute atomic E-state index is 12.9. The molecule has 2 aromatic heterocycles. The summed E-state index contributed by atoms with van der Waals surface area (Å²) >= 11 is 0. The zero-order valence-electron chi connectivity index (χ0n) is 18.4. The lowest BCUT2D eigenvalue weighted by Gasteiger charge is -2.34. The van der Waals surface area contributed by atoms with Crippen molar-refractivity contribution in [3.05, 3.63) is 53.5 Å². The van der Waals surface area contributed by atoms with Gasteiger partial charge in [-0.15, -0.1) is 0 Å². The van der Waals surface area contributed by atoms with E-state index in [9.17, 15) is 4.79 Å². The molecule has 8 heteroatoms. The Bertz CT molecular complexity index is 1060. The summed E-state index contributed by atoms with van der Waals surface area (Å²) in [7, 11) is 4.83. The van der Waals surface area contributed by atoms with Gasteiger partial charge in [0.05, 0.1) is 21.3 Å². The van der Waals surface area contributed by atoms with Gasteiger partial charge in [-0.3, -0.25) is 9.69 Å². The van der Waals surface area contributed by atoms with Gasteiger partial charge in [0.25, 0.3) is 5.91 Å². The number of carbonyl (C=O) groups is 1. The van der Waals surface area contributed by atoms with Crippen molar-refractivity contribution in [3.8, 4) is 17.2 Å². The number of benzene rings is 1. The van der Waals surface area contributed by atoms with E-state index in [0.717, 1.165) is 36.4 Å². The van der Waals surface area contributed by atoms with Crippen LogP contribution >= 0.6 is 0 Å². The zero-order chi connectivity index (χ0) is 22.0. The van der Waals surface area contributed by atoms with Crippen molar-refractivity contribution in [2.75, 3.05) is 47.5 Å². The molecule has 0 N–H and O–H groups in total. The summed E-state index contributed by atoms with van der Waals surface area (Å²) in [6.45, 7) is 5.66. The molecule has 1 amide bonds. The van der Waals surface area contributed by atoms with Gasteiger partial charge in [-0.05, 0) is 42.3 Å². The van der Waals surface area contributed by atoms with Gasteiger partial charge >= 0.3 is 0 Å². The van der Waals surface area contributed by atoms with Gasteiger partial charge in [-0.1, -0.05) is 0 Å². The van der Waals surface area contributed by atoms with Crippen LogP contribution in [0.1, 0.15) is 21.6 Å². The standard InChI is InChI=1S/C23H28N4O4/c1-16-5-6-27-15-18(24-21(27)11-16)23(28)26-9-7-25(8-10-26)14-17-12-19(29-2)22(31-4)20(13-17)30-3/h5-6,11-13,15H,7-10,14H2,1-4H3. The summed E-state index contributed by atoms with van der Waals surface area (Å²) in [6, 6.07) is 7.92. The molecule has 4 rings (SSSR count). The van der Waals surface area contributed by atoms with Gasteiger partial charge in [0.15, 0.2) is 11.5 Å². The Kier molecular flexibility index (Phi) is 5.99. The highest BCUT2D eigenvalue weighted by molar-refractivity contribution is 5.93. The highest BCUT2D eigenvalue weighted by Gasteiger charge is 2.24. The molecule has 1 aromatic carbocycles. The number of rotatable bonds is 6. The maximum atomic E-state index is 12.9. The van der Waals surface area contributed by atoms with Gasteiger partial charge in [0.1, 0.15) is 11.3 Å². The molecule has 1 aliphatic heterocycles. The zero-order valence-corrected chi connectivity index (χ0v) is 18.4. The van der Waals surface area contributed by atoms with Gasteiger partial charge in [0, 0.05) is 45.1 Å². The number of amides is 1. The van der Waals surface area contributed by atoms with E-state index in [2.05, 4.69) is 9.88 Å². The lowest BCUT2D eigenvalue weighted by Crippen LogP contribution is -2.48. The van der Waals surface area contributed by atoms with Crippen molar-refractivity contribution in [2.45, 2.75) is 13.5 Å². The monoisotopic (exact) mass is 424 g/mol. The van der Waals surface area contributed by atoms with Crippen LogP contribution in [0.2, 0.25) is 0 Å². The summed E-state index contributed by atoms with van der Waals surface area (Å²) in [4.78, 5) is 21.6. The molecule has 31 heavy (non-hydrogen) atoms. The summed E-state index contributed by atoms with van der Waals surface area (Å²) in [5.41, 5.74) is 3.48. The van der Waals surface area contributed by atoms with Gasteiger partial charge in [-0.2, -0.15) is 0 Å². The molecule has 0 spiro atoms. The second kappa shape index (κ2) is 8.85. The van der Waals surface area contributed by atoms with Crippen LogP contribution in [-0.2, 0) is 6.54 Å². The number of hydrogen-bond acceptors (Lipinski definition) is 6. The minimum atomic E-state index is -0.0196. The number of methoxy groups -OCH3 is 3. The number of ether oxygens (including phenoxy) is 3. The topological polar surface area (TPSA) is 68.5 Å². The van der Waals surface area contributed by atoms with E-state index in [1.54, 1.807) is 27.5 Å². The molecule has 1 aliphatic rings. The lowest BCUT2D eigenvalue weighted by molar-refractivity contribution is 0.0623. The number of imidazole rings is 1. The Morgan fingerprint density at radius 1 is 1.00 bits per heavy atom. The van der Waals surface area contributed by atoms with Gasteiger partial charge < -0.3 is 23.5 Å². The molecule has 0 radical (unpaired) electrons. The second-order valence-corrected chi connectivity index (χ2v) is 7.70. The summed E-state index contributed by atoms with van der Waals surface area (Å²) < 4.78 is 18.2. The largest absolute Gasteiger partial charge is 0.493 e. The Labute approximate surface area is 181 Å². The summed E-state index contributed by atoms with van der Waals surface area (Å²) in [5.74, 6) is 1.86. The maximum Gasteiger partial charge on any atom is 0.274 e. The van der Waals surface area contributed by atoms with Crippen molar-refractivity contribution in [1.29, 1.82) is 0 Å². The van der Waals surface area contributed by atoms with Crippen LogP contribution in [0.25, 0.3) is 5.65 Å². The van der Waals surface area contributed by atoms with E-state index in [0.29, 0.717) is 36.0 Å². The highest BCUT2D eigenvalue weighted by Crippen LogP contribution is 2.38. The van der Waals surface area contributed by atoms with E-state index in [4.69, 9.17) is 14.2 Å². The molecular weight excluding hydrogens is 396 g/mol. The number of aryl methyl sites for hydroxylation is 1. The first-order valence-corrected chi connectivity index (χ1v) is 10.3. The fraction of sp³-hybridized carbons (Fsp3) is 0.391. The highest BCUT2D eigenvalue weighted by atomic mass is 16.5. The number of aromatic nitrogens is 2. The molecule has 8 nitrogen and oxygen atoms in total. The van der Waals surface area contributed by atoms with Crippen molar-refractivity contribution in [1.82, 2.24) is 19.2 Å². The SMILES string of the molecule is COc1cc(CN2CCN(C(=O)c3cn4ccc(C)cc4n3)CC2)cc(OC)c1OC. The fourth-order valence-corrected chi connectivity index (χ4v) is 3.94. The third-order valence-corrected chi connectivity index (χ3v) is 5.63. The van der Waals surface area contributed by atoms with Crippen LogP contribution < -0.4 is 14.2 Å². The van der Waals surface area contributed by atoms with E-state index in [1.807, 2.05) is 46.7 Å². The first kappa shape index (κ1) is 21.0. The number of nitrogens with zero attached hydrogens (tertiary/aromatic N) is 4. The molecule has 3 heterocycles. The molecule has 3 aromatic rings. The summed E-state index contributed by atoms with van der Waals surface area (Å²) in [5, 5.41) is 0. The Morgan fingerprint density at radius 2 is 1.68 bits per heavy atom. The fourth-order valence-electron chi connectivity index (χ4n) is 3.94. The minimum Gasteiger partial charge on any atom is -0.493 e. The third-order valence-electron chi connectivity index (χ3n) is 5.63. The normalized spacial score (nSPS) is 14.6. The molecule has 0 aliphatic carbocycles. The third kappa shape index (κ3) is 4.29. The van der Waals surface area contributed by atoms with Crippen molar-refractivity contribution in [3.63, 3.8) is 0 Å². The van der Waals surface area contributed by atoms with E-state index >= 15 is 0 Å². The van der Waals surface area contributed by atoms with Crippen LogP contribution in [0.15, 0.2) is 36.7 Å². The minimum absolute atomic E-state index is 0.0196. The Morgan fingerprint density at radius 3 is 2.29 bits per heavy atom. The first-order chi connectivity index (χ1) is 15.0. The first-order valence-electron chi connectivity index (χ1n) is 10.3. The van der Waals surface area contributed by atoms with Crippen LogP contribution in [0.4, 0.5) is 0 Å². The molecule has 0 atom stereocenters. The lowest BCUT2D eigenvalue weighted by atomic mass is 10.1. The quantitative estimate of drug-likeness (QED) is 0.606. The predicted octanol–water partition coefficient (Wildman–Crippen LogP) is 2.63. The van der Waals surface area contributed by atoms with Crippen LogP contribution in [-0.4, -0.2) is 72.6 Å². The average Bonchev–Trinajstić information content (AvgIpc) is 3.21. The molecular formula is C23H28N4O4. The Balaban J connectivity index is 1.41. The van der Waals surface area contributed by atoms with Crippen LogP contribution in [0.3, 0.4) is 0 Å². The average molecular weight is 425 g/mol. The van der Waals surface area contributed by atoms with E-state index < -0.39 is 0 Å². The Hall–Kier alpha value is -3.26. The van der Waals surface area contributed by atoms with Gasteiger partial charge in [-0.25, -0.2) is 4.98 Å². The molecule has 1 fully saturated rings. The molecule has 0 unspecified atom stereocenters. The van der Waals surface area contributed by atoms with Crippen LogP contribution in [0, 0.1) is 6.92 Å². The number of carbonyl (C=O) groups excluding carboxylic acids is 1. The van der Waals surface area contributed by atoms with E-state index in [1.165, 1.54) is 0 Å². The number of pyridine rings is 1. The number of fused-ring (bicyclic) bond motifs is 1. The molecule has 0 saturated carbocycles. The van der Waals surface area contributed by atoms with E-state index in [-0.39, 0.29) is 5.91 Å². The van der Waals surface area contributed by atoms with Crippen molar-refractivity contribution in [2.24, 2.45) is 0 Å². The smallest absolute Gasteiger partial charge is 0.274 e. The molecule has 164 valence electrons. The number of piperazine rings is 1. The van der Waals surface area contributed by atoms with Crippen molar-refractivity contribution < 1.29 is 19.0 Å².